The molecule has 0 bridgehead atoms. The molecule has 0 aliphatic heterocycles. The number of nitrogens with zero attached hydrogens (tertiary/aromatic N) is 3. The molecule has 0 radical (unpaired) electrons. The van der Waals surface area contributed by atoms with Crippen molar-refractivity contribution in [2.45, 2.75) is 12.5 Å². The number of aromatic nitrogens is 3. The number of hydrogen-bond donors (Lipinski definition) is 2. The number of nitrogens with two attached hydrogens (primary N) is 1. The van der Waals surface area contributed by atoms with Gasteiger partial charge in [0.2, 0.25) is 5.78 Å². The molecule has 1 unspecified atom stereocenters. The molecule has 0 saturated heterocycles. The van der Waals surface area contributed by atoms with Gasteiger partial charge in [-0.3, -0.25) is 19.4 Å². The van der Waals surface area contributed by atoms with Gasteiger partial charge in [0.1, 0.15) is 11.7 Å². The Balaban J connectivity index is 1.84. The first kappa shape index (κ1) is 18.0. The number of nitrogens with one attached hydrogen (secondary N) is 1. The molecule has 0 aliphatic rings. The number of hydrogen-bond acceptors (Lipinski definition) is 5. The molecular formula is C19H17N5O3. The summed E-state index contributed by atoms with van der Waals surface area (Å²) in [6.07, 6.45) is 4.73. The molecule has 2 aromatic heterocycles. The molecule has 8 heteroatoms. The van der Waals surface area contributed by atoms with Crippen LogP contribution in [0.4, 0.5) is 0 Å². The van der Waals surface area contributed by atoms with Gasteiger partial charge < -0.3 is 11.1 Å². The van der Waals surface area contributed by atoms with E-state index in [1.165, 1.54) is 16.9 Å². The number of benzene rings is 1. The maximum atomic E-state index is 12.7. The second-order valence-corrected chi connectivity index (χ2v) is 5.78. The third-order valence-electron chi connectivity index (χ3n) is 3.93. The third kappa shape index (κ3) is 4.24. The van der Waals surface area contributed by atoms with Gasteiger partial charge in [0.05, 0.1) is 11.9 Å². The average Bonchev–Trinajstić information content (AvgIpc) is 3.18. The predicted molar refractivity (Wildman–Crippen MR) is 97.0 cm³/mol. The summed E-state index contributed by atoms with van der Waals surface area (Å²) in [6, 6.07) is 12.9. The molecule has 1 atom stereocenters. The largest absolute Gasteiger partial charge is 0.363 e. The number of rotatable bonds is 7. The third-order valence-corrected chi connectivity index (χ3v) is 3.93. The van der Waals surface area contributed by atoms with Crippen molar-refractivity contribution in [1.82, 2.24) is 20.1 Å². The van der Waals surface area contributed by atoms with Crippen LogP contribution in [0.3, 0.4) is 0 Å². The lowest BCUT2D eigenvalue weighted by atomic mass is 10.0. The molecule has 8 nitrogen and oxygen atoms in total. The summed E-state index contributed by atoms with van der Waals surface area (Å²) >= 11 is 0. The van der Waals surface area contributed by atoms with Gasteiger partial charge in [-0.1, -0.05) is 18.2 Å². The molecule has 0 spiro atoms. The number of amides is 2. The van der Waals surface area contributed by atoms with Crippen molar-refractivity contribution in [2.75, 3.05) is 0 Å². The normalized spacial score (nSPS) is 11.6. The quantitative estimate of drug-likeness (QED) is 0.598. The fourth-order valence-electron chi connectivity index (χ4n) is 2.62. The highest BCUT2D eigenvalue weighted by Gasteiger charge is 2.27. The number of carbonyl (C=O) groups excluding carboxylic acids is 3. The Bertz CT molecular complexity index is 954. The lowest BCUT2D eigenvalue weighted by Gasteiger charge is -2.17. The number of pyridine rings is 1. The topological polar surface area (TPSA) is 120 Å². The van der Waals surface area contributed by atoms with Gasteiger partial charge in [-0.15, -0.1) is 0 Å². The van der Waals surface area contributed by atoms with Crippen molar-refractivity contribution in [1.29, 1.82) is 0 Å². The van der Waals surface area contributed by atoms with E-state index in [0.29, 0.717) is 5.69 Å². The minimum Gasteiger partial charge on any atom is -0.363 e. The van der Waals surface area contributed by atoms with Crippen molar-refractivity contribution in [3.8, 4) is 5.69 Å². The standard InChI is InChI=1S/C19H17N5O3/c20-18(26)17(25)15(12-13-6-9-21-10-7-13)23-19(27)16-8-11-22-24(16)14-4-2-1-3-5-14/h1-11,15H,12H2,(H2,20,26)(H,23,27). The van der Waals surface area contributed by atoms with Crippen molar-refractivity contribution in [3.63, 3.8) is 0 Å². The van der Waals surface area contributed by atoms with Gasteiger partial charge in [-0.2, -0.15) is 5.10 Å². The van der Waals surface area contributed by atoms with Crippen LogP contribution in [0.25, 0.3) is 5.69 Å². The molecule has 2 heterocycles. The molecule has 0 fully saturated rings. The zero-order valence-electron chi connectivity index (χ0n) is 14.3. The van der Waals surface area contributed by atoms with Gasteiger partial charge in [0.15, 0.2) is 0 Å². The predicted octanol–water partition coefficient (Wildman–Crippen LogP) is 0.663. The minimum atomic E-state index is -1.11. The van der Waals surface area contributed by atoms with Gasteiger partial charge in [0, 0.05) is 18.8 Å². The lowest BCUT2D eigenvalue weighted by molar-refractivity contribution is -0.137. The van der Waals surface area contributed by atoms with E-state index in [1.54, 1.807) is 36.7 Å². The first-order valence-electron chi connectivity index (χ1n) is 8.19. The summed E-state index contributed by atoms with van der Waals surface area (Å²) < 4.78 is 1.45. The van der Waals surface area contributed by atoms with Crippen LogP contribution in [-0.2, 0) is 16.0 Å². The SMILES string of the molecule is NC(=O)C(=O)C(Cc1ccncc1)NC(=O)c1ccnn1-c1ccccc1. The fourth-order valence-corrected chi connectivity index (χ4v) is 2.62. The Hall–Kier alpha value is -3.81. The molecule has 3 aromatic rings. The second kappa shape index (κ2) is 8.05. The van der Waals surface area contributed by atoms with E-state index in [0.717, 1.165) is 5.56 Å². The van der Waals surface area contributed by atoms with E-state index >= 15 is 0 Å². The van der Waals surface area contributed by atoms with Gasteiger partial charge >= 0.3 is 0 Å². The Morgan fingerprint density at radius 3 is 2.37 bits per heavy atom. The van der Waals surface area contributed by atoms with Crippen LogP contribution in [0.5, 0.6) is 0 Å². The highest BCUT2D eigenvalue weighted by atomic mass is 16.2. The zero-order chi connectivity index (χ0) is 19.2. The van der Waals surface area contributed by atoms with E-state index in [1.807, 2.05) is 18.2 Å². The summed E-state index contributed by atoms with van der Waals surface area (Å²) in [4.78, 5) is 40.2. The van der Waals surface area contributed by atoms with E-state index in [4.69, 9.17) is 5.73 Å². The molecule has 27 heavy (non-hydrogen) atoms. The van der Waals surface area contributed by atoms with Crippen LogP contribution >= 0.6 is 0 Å². The number of Topliss-reactive ketones (excluding diaryl/α,β-unsaturated/α-hetero) is 1. The van der Waals surface area contributed by atoms with Gasteiger partial charge in [0.25, 0.3) is 11.8 Å². The first-order valence-corrected chi connectivity index (χ1v) is 8.19. The van der Waals surface area contributed by atoms with Gasteiger partial charge in [-0.05, 0) is 35.9 Å². The van der Waals surface area contributed by atoms with Crippen LogP contribution in [0.2, 0.25) is 0 Å². The number of ketones is 1. The van der Waals surface area contributed by atoms with Crippen molar-refractivity contribution in [2.24, 2.45) is 5.73 Å². The molecule has 3 rings (SSSR count). The fraction of sp³-hybridized carbons (Fsp3) is 0.105. The average molecular weight is 363 g/mol. The Morgan fingerprint density at radius 2 is 1.70 bits per heavy atom. The summed E-state index contributed by atoms with van der Waals surface area (Å²) in [6.45, 7) is 0. The Kier molecular flexibility index (Phi) is 5.36. The molecule has 3 N–H and O–H groups in total. The molecule has 1 aromatic carbocycles. The minimum absolute atomic E-state index is 0.121. The summed E-state index contributed by atoms with van der Waals surface area (Å²) in [5.41, 5.74) is 6.80. The van der Waals surface area contributed by atoms with E-state index < -0.39 is 23.6 Å². The zero-order valence-corrected chi connectivity index (χ0v) is 14.3. The lowest BCUT2D eigenvalue weighted by Crippen LogP contribution is -2.47. The van der Waals surface area contributed by atoms with Crippen LogP contribution in [0, 0.1) is 0 Å². The van der Waals surface area contributed by atoms with E-state index in [-0.39, 0.29) is 12.1 Å². The van der Waals surface area contributed by atoms with Crippen LogP contribution in [0.1, 0.15) is 16.1 Å². The smallest absolute Gasteiger partial charge is 0.287 e. The number of primary amides is 1. The number of carbonyl (C=O) groups is 3. The molecule has 0 saturated carbocycles. The van der Waals surface area contributed by atoms with Crippen LogP contribution < -0.4 is 11.1 Å². The van der Waals surface area contributed by atoms with Gasteiger partial charge in [-0.25, -0.2) is 4.68 Å². The maximum absolute atomic E-state index is 12.7. The molecular weight excluding hydrogens is 346 g/mol. The monoisotopic (exact) mass is 363 g/mol. The molecule has 2 amide bonds. The highest BCUT2D eigenvalue weighted by Crippen LogP contribution is 2.11. The highest BCUT2D eigenvalue weighted by molar-refractivity contribution is 6.38. The second-order valence-electron chi connectivity index (χ2n) is 5.78. The van der Waals surface area contributed by atoms with E-state index in [9.17, 15) is 14.4 Å². The first-order chi connectivity index (χ1) is 13.1. The van der Waals surface area contributed by atoms with Crippen molar-refractivity contribution < 1.29 is 14.4 Å². The number of para-hydroxylation sites is 1. The van der Waals surface area contributed by atoms with E-state index in [2.05, 4.69) is 15.4 Å². The maximum Gasteiger partial charge on any atom is 0.287 e. The van der Waals surface area contributed by atoms with Crippen LogP contribution in [-0.4, -0.2) is 38.4 Å². The van der Waals surface area contributed by atoms with Crippen molar-refractivity contribution in [3.05, 3.63) is 78.4 Å². The summed E-state index contributed by atoms with van der Waals surface area (Å²) in [5, 5.41) is 6.74. The van der Waals surface area contributed by atoms with Crippen molar-refractivity contribution >= 4 is 17.6 Å². The summed E-state index contributed by atoms with van der Waals surface area (Å²) in [5.74, 6) is -2.51. The van der Waals surface area contributed by atoms with Crippen LogP contribution in [0.15, 0.2) is 67.1 Å². The summed E-state index contributed by atoms with van der Waals surface area (Å²) in [7, 11) is 0. The Labute approximate surface area is 155 Å². The Morgan fingerprint density at radius 1 is 1.00 bits per heavy atom. The molecule has 136 valence electrons. The molecule has 0 aliphatic carbocycles.